The molecule has 0 aliphatic heterocycles. The molecule has 272 valence electrons. The first-order valence-electron chi connectivity index (χ1n) is 20.2. The Hall–Kier alpha value is -6.64. The van der Waals surface area contributed by atoms with Crippen molar-refractivity contribution in [3.8, 4) is 44.5 Å². The highest BCUT2D eigenvalue weighted by molar-refractivity contribution is 6.12. The third-order valence-corrected chi connectivity index (χ3v) is 13.5. The van der Waals surface area contributed by atoms with E-state index in [1.54, 1.807) is 0 Å². The average Bonchev–Trinajstić information content (AvgIpc) is 3.94. The molecule has 0 amide bonds. The van der Waals surface area contributed by atoms with Crippen molar-refractivity contribution in [2.24, 2.45) is 0 Å². The molecule has 0 saturated carbocycles. The van der Waals surface area contributed by atoms with E-state index < -0.39 is 0 Å². The van der Waals surface area contributed by atoms with Crippen LogP contribution in [-0.4, -0.2) is 0 Å². The van der Waals surface area contributed by atoms with E-state index in [0.717, 1.165) is 29.0 Å². The highest BCUT2D eigenvalue weighted by Crippen LogP contribution is 2.57. The molecule has 57 heavy (non-hydrogen) atoms. The van der Waals surface area contributed by atoms with E-state index in [-0.39, 0.29) is 10.8 Å². The molecule has 0 N–H and O–H groups in total. The number of anilines is 3. The summed E-state index contributed by atoms with van der Waals surface area (Å²) < 4.78 is 6.65. The highest BCUT2D eigenvalue weighted by atomic mass is 16.3. The Balaban J connectivity index is 1.05. The average molecular weight is 732 g/mol. The molecule has 3 aliphatic rings. The van der Waals surface area contributed by atoms with Gasteiger partial charge in [0.25, 0.3) is 0 Å². The standard InChI is InChI=1S/C55H41NO/c1-54(2)45-19-9-7-16-42(45)51-46(54)20-12-21-49(51)56(35-25-23-33(24-26-35)37-17-11-18-39-38-14-6-5-13-34(38)31-44(37)39)36-27-28-43-48(32-36)55(3,4)47-30-29-41-40-15-8-10-22-50(40)57-53(41)52(43)47/h5-30,32H,31H2,1-4H3. The Morgan fingerprint density at radius 1 is 0.456 bits per heavy atom. The fraction of sp³-hybridized carbons (Fsp3) is 0.127. The van der Waals surface area contributed by atoms with Crippen molar-refractivity contribution >= 4 is 39.0 Å². The number of hydrogen-bond donors (Lipinski definition) is 0. The van der Waals surface area contributed by atoms with E-state index in [9.17, 15) is 0 Å². The lowest BCUT2D eigenvalue weighted by atomic mass is 9.82. The van der Waals surface area contributed by atoms with Crippen LogP contribution in [0.5, 0.6) is 0 Å². The van der Waals surface area contributed by atoms with Gasteiger partial charge in [0.15, 0.2) is 0 Å². The number of benzene rings is 8. The van der Waals surface area contributed by atoms with E-state index in [4.69, 9.17) is 4.42 Å². The second-order valence-electron chi connectivity index (χ2n) is 17.2. The minimum atomic E-state index is -0.220. The normalized spacial score (nSPS) is 14.9. The summed E-state index contributed by atoms with van der Waals surface area (Å²) in [5.41, 5.74) is 23.6. The topological polar surface area (TPSA) is 16.4 Å². The maximum absolute atomic E-state index is 6.65. The molecule has 8 aromatic carbocycles. The van der Waals surface area contributed by atoms with Crippen molar-refractivity contribution in [1.29, 1.82) is 0 Å². The van der Waals surface area contributed by atoms with Crippen molar-refractivity contribution in [3.63, 3.8) is 0 Å². The van der Waals surface area contributed by atoms with Gasteiger partial charge in [0.2, 0.25) is 0 Å². The summed E-state index contributed by atoms with van der Waals surface area (Å²) >= 11 is 0. The predicted octanol–water partition coefficient (Wildman–Crippen LogP) is 14.9. The van der Waals surface area contributed by atoms with Gasteiger partial charge in [-0.15, -0.1) is 0 Å². The third kappa shape index (κ3) is 4.41. The molecule has 1 heterocycles. The molecule has 0 radical (unpaired) electrons. The zero-order valence-corrected chi connectivity index (χ0v) is 32.7. The van der Waals surface area contributed by atoms with Gasteiger partial charge in [0.05, 0.1) is 5.69 Å². The lowest BCUT2D eigenvalue weighted by Crippen LogP contribution is -2.17. The molecule has 2 nitrogen and oxygen atoms in total. The van der Waals surface area contributed by atoms with Gasteiger partial charge < -0.3 is 9.32 Å². The second kappa shape index (κ2) is 11.5. The minimum absolute atomic E-state index is 0.109. The van der Waals surface area contributed by atoms with E-state index >= 15 is 0 Å². The number of rotatable bonds is 4. The summed E-state index contributed by atoms with van der Waals surface area (Å²) in [6.45, 7) is 9.46. The monoisotopic (exact) mass is 731 g/mol. The van der Waals surface area contributed by atoms with E-state index in [1.165, 1.54) is 94.3 Å². The van der Waals surface area contributed by atoms with Crippen LogP contribution in [0.4, 0.5) is 17.1 Å². The van der Waals surface area contributed by atoms with Crippen molar-refractivity contribution < 1.29 is 4.42 Å². The predicted molar refractivity (Wildman–Crippen MR) is 237 cm³/mol. The quantitative estimate of drug-likeness (QED) is 0.179. The molecule has 0 unspecified atom stereocenters. The van der Waals surface area contributed by atoms with Crippen LogP contribution >= 0.6 is 0 Å². The number of furan rings is 1. The molecule has 2 heteroatoms. The molecule has 3 aliphatic carbocycles. The number of para-hydroxylation sites is 1. The second-order valence-corrected chi connectivity index (χ2v) is 17.2. The smallest absolute Gasteiger partial charge is 0.143 e. The minimum Gasteiger partial charge on any atom is -0.455 e. The van der Waals surface area contributed by atoms with Gasteiger partial charge >= 0.3 is 0 Å². The summed E-state index contributed by atoms with van der Waals surface area (Å²) in [5.74, 6) is 0. The van der Waals surface area contributed by atoms with Crippen LogP contribution in [0.25, 0.3) is 66.4 Å². The number of hydrogen-bond acceptors (Lipinski definition) is 2. The van der Waals surface area contributed by atoms with Gasteiger partial charge in [-0.05, 0) is 110 Å². The van der Waals surface area contributed by atoms with E-state index in [0.29, 0.717) is 0 Å². The Kier molecular flexibility index (Phi) is 6.55. The molecule has 0 fully saturated rings. The fourth-order valence-electron chi connectivity index (χ4n) is 10.7. The first-order valence-corrected chi connectivity index (χ1v) is 20.2. The van der Waals surface area contributed by atoms with Crippen LogP contribution < -0.4 is 4.90 Å². The SMILES string of the molecule is CC1(C)c2ccccc2-c2c(N(c3ccc(-c4cccc5c4Cc4ccccc4-5)cc3)c3ccc4c(c3)C(C)(C)c3ccc5c(oc6ccccc65)c3-4)cccc21. The third-order valence-electron chi connectivity index (χ3n) is 13.5. The first kappa shape index (κ1) is 32.6. The van der Waals surface area contributed by atoms with Crippen molar-refractivity contribution in [3.05, 3.63) is 197 Å². The van der Waals surface area contributed by atoms with E-state index in [2.05, 4.69) is 196 Å². The van der Waals surface area contributed by atoms with Gasteiger partial charge in [0.1, 0.15) is 11.2 Å². The van der Waals surface area contributed by atoms with Crippen molar-refractivity contribution in [2.75, 3.05) is 4.90 Å². The van der Waals surface area contributed by atoms with E-state index in [1.807, 2.05) is 0 Å². The van der Waals surface area contributed by atoms with Crippen LogP contribution in [0, 0.1) is 0 Å². The molecule has 0 saturated heterocycles. The Morgan fingerprint density at radius 3 is 1.98 bits per heavy atom. The van der Waals surface area contributed by atoms with Crippen molar-refractivity contribution in [1.82, 2.24) is 0 Å². The zero-order valence-electron chi connectivity index (χ0n) is 32.7. The summed E-state index contributed by atoms with van der Waals surface area (Å²) in [4.78, 5) is 2.50. The van der Waals surface area contributed by atoms with Crippen LogP contribution in [0.3, 0.4) is 0 Å². The van der Waals surface area contributed by atoms with Gasteiger partial charge in [-0.1, -0.05) is 155 Å². The van der Waals surface area contributed by atoms with Gasteiger partial charge in [0, 0.05) is 44.1 Å². The Bertz CT molecular complexity index is 3160. The largest absolute Gasteiger partial charge is 0.455 e. The molecule has 0 spiro atoms. The van der Waals surface area contributed by atoms with Crippen LogP contribution in [0.2, 0.25) is 0 Å². The number of nitrogens with zero attached hydrogens (tertiary/aromatic N) is 1. The molecular weight excluding hydrogens is 691 g/mol. The van der Waals surface area contributed by atoms with Crippen LogP contribution in [0.15, 0.2) is 168 Å². The van der Waals surface area contributed by atoms with Gasteiger partial charge in [-0.25, -0.2) is 0 Å². The van der Waals surface area contributed by atoms with Gasteiger partial charge in [-0.3, -0.25) is 0 Å². The summed E-state index contributed by atoms with van der Waals surface area (Å²) in [7, 11) is 0. The zero-order chi connectivity index (χ0) is 38.2. The fourth-order valence-corrected chi connectivity index (χ4v) is 10.7. The molecule has 12 rings (SSSR count). The van der Waals surface area contributed by atoms with Crippen molar-refractivity contribution in [2.45, 2.75) is 44.9 Å². The highest BCUT2D eigenvalue weighted by Gasteiger charge is 2.40. The summed E-state index contributed by atoms with van der Waals surface area (Å²) in [6, 6.07) is 60.9. The Labute approximate surface area is 333 Å². The molecule has 0 atom stereocenters. The number of fused-ring (bicyclic) bond motifs is 13. The van der Waals surface area contributed by atoms with Gasteiger partial charge in [-0.2, -0.15) is 0 Å². The van der Waals surface area contributed by atoms with Crippen LogP contribution in [-0.2, 0) is 17.3 Å². The maximum atomic E-state index is 6.65. The Morgan fingerprint density at radius 2 is 1.11 bits per heavy atom. The first-order chi connectivity index (χ1) is 27.8. The lowest BCUT2D eigenvalue weighted by Gasteiger charge is -2.30. The lowest BCUT2D eigenvalue weighted by molar-refractivity contribution is 0.653. The summed E-state index contributed by atoms with van der Waals surface area (Å²) in [6.07, 6.45) is 0.967. The summed E-state index contributed by atoms with van der Waals surface area (Å²) in [5, 5.41) is 2.34. The molecule has 0 bridgehead atoms. The molecule has 9 aromatic rings. The molecular formula is C55H41NO. The molecule has 1 aromatic heterocycles. The van der Waals surface area contributed by atoms with Crippen LogP contribution in [0.1, 0.15) is 61.1 Å². The maximum Gasteiger partial charge on any atom is 0.143 e.